The molecule has 0 aromatic heterocycles. The van der Waals surface area contributed by atoms with E-state index in [4.69, 9.17) is 14.9 Å². The summed E-state index contributed by atoms with van der Waals surface area (Å²) in [5, 5.41) is 29.2. The van der Waals surface area contributed by atoms with E-state index in [1.807, 2.05) is 0 Å². The van der Waals surface area contributed by atoms with Crippen LogP contribution in [-0.4, -0.2) is 80.9 Å². The maximum absolute atomic E-state index is 13.7. The van der Waals surface area contributed by atoms with E-state index >= 15 is 0 Å². The minimum absolute atomic E-state index is 0.0873. The van der Waals surface area contributed by atoms with Crippen molar-refractivity contribution in [3.05, 3.63) is 35.4 Å². The van der Waals surface area contributed by atoms with Crippen LogP contribution in [-0.2, 0) is 28.8 Å². The number of carboxylic acids is 2. The Hall–Kier alpha value is -4.22. The van der Waals surface area contributed by atoms with Gasteiger partial charge >= 0.3 is 11.9 Å². The number of aliphatic carboxylic acids is 2. The average Bonchev–Trinajstić information content (AvgIpc) is 3.28. The second kappa shape index (κ2) is 9.83. The summed E-state index contributed by atoms with van der Waals surface area (Å²) in [6, 6.07) is 4.62. The van der Waals surface area contributed by atoms with Gasteiger partial charge in [-0.15, -0.1) is 0 Å². The molecular weight excluding hydrogens is 512 g/mol. The summed E-state index contributed by atoms with van der Waals surface area (Å²) in [7, 11) is 1.40. The third-order valence-corrected chi connectivity index (χ3v) is 8.50. The molecule has 6 atom stereocenters. The number of carbonyl (C=O) groups excluding carboxylic acids is 4. The largest absolute Gasteiger partial charge is 0.508 e. The molecule has 4 aliphatic rings. The number of allylic oxidation sites excluding steroid dienone is 2. The summed E-state index contributed by atoms with van der Waals surface area (Å²) in [5.41, 5.74) is 0.921. The number of rotatable bonds is 8. The molecular formula is C27H28N2O10. The van der Waals surface area contributed by atoms with Crippen molar-refractivity contribution >= 4 is 35.6 Å². The lowest BCUT2D eigenvalue weighted by Crippen LogP contribution is -2.43. The molecule has 12 nitrogen and oxygen atoms in total. The van der Waals surface area contributed by atoms with Gasteiger partial charge in [-0.25, -0.2) is 0 Å². The number of methoxy groups -OCH3 is 1. The standard InChI is InChI=1S/C27H28N2O10/c1-39-17-4-2-3-16(30)23(17)21-12-5-6-13-20(26(37)28(24(13)35)9-7-18(31)32)14(12)11-15-22(21)27(38)29(25(15)36)10-8-19(33)34/h2-5,13-15,20-22,30H,6-11H2,1H3,(H,31,32)(H,33,34)/t13-,14+,15+,20-,21-,22+/m0/s1. The lowest BCUT2D eigenvalue weighted by Gasteiger charge is -2.44. The van der Waals surface area contributed by atoms with E-state index in [0.29, 0.717) is 5.57 Å². The number of aromatic hydroxyl groups is 1. The minimum Gasteiger partial charge on any atom is -0.508 e. The van der Waals surface area contributed by atoms with Crippen LogP contribution in [0.5, 0.6) is 11.5 Å². The zero-order valence-corrected chi connectivity index (χ0v) is 21.1. The van der Waals surface area contributed by atoms with Gasteiger partial charge < -0.3 is 20.1 Å². The Kier molecular flexibility index (Phi) is 6.65. The molecule has 2 aliphatic carbocycles. The van der Waals surface area contributed by atoms with E-state index in [-0.39, 0.29) is 43.0 Å². The van der Waals surface area contributed by atoms with Gasteiger partial charge in [0.1, 0.15) is 11.5 Å². The molecule has 0 unspecified atom stereocenters. The van der Waals surface area contributed by atoms with E-state index in [1.54, 1.807) is 18.2 Å². The summed E-state index contributed by atoms with van der Waals surface area (Å²) in [6.45, 7) is -0.564. The number of hydrogen-bond donors (Lipinski definition) is 3. The van der Waals surface area contributed by atoms with Gasteiger partial charge in [0, 0.05) is 24.6 Å². The van der Waals surface area contributed by atoms with Gasteiger partial charge in [0.25, 0.3) is 0 Å². The number of phenols is 1. The van der Waals surface area contributed by atoms with Crippen molar-refractivity contribution in [1.82, 2.24) is 9.80 Å². The molecule has 3 N–H and O–H groups in total. The molecule has 39 heavy (non-hydrogen) atoms. The van der Waals surface area contributed by atoms with Crippen LogP contribution in [0.1, 0.15) is 37.2 Å². The van der Waals surface area contributed by atoms with Gasteiger partial charge in [-0.3, -0.25) is 38.6 Å². The maximum Gasteiger partial charge on any atom is 0.305 e. The molecule has 5 rings (SSSR count). The lowest BCUT2D eigenvalue weighted by molar-refractivity contribution is -0.145. The molecule has 1 aromatic rings. The number of phenolic OH excluding ortho intramolecular Hbond substituents is 1. The zero-order valence-electron chi connectivity index (χ0n) is 21.1. The van der Waals surface area contributed by atoms with Crippen molar-refractivity contribution < 1.29 is 48.8 Å². The van der Waals surface area contributed by atoms with Crippen molar-refractivity contribution in [2.45, 2.75) is 31.6 Å². The fourth-order valence-electron chi connectivity index (χ4n) is 6.92. The highest BCUT2D eigenvalue weighted by Gasteiger charge is 2.62. The molecule has 0 spiro atoms. The normalized spacial score (nSPS) is 29.6. The molecule has 2 aliphatic heterocycles. The third kappa shape index (κ3) is 4.14. The molecule has 2 heterocycles. The van der Waals surface area contributed by atoms with Crippen molar-refractivity contribution in [3.63, 3.8) is 0 Å². The van der Waals surface area contributed by atoms with Crippen LogP contribution in [0.4, 0.5) is 0 Å². The van der Waals surface area contributed by atoms with Gasteiger partial charge in [-0.1, -0.05) is 17.7 Å². The van der Waals surface area contributed by atoms with E-state index in [1.165, 1.54) is 13.2 Å². The molecule has 1 aromatic carbocycles. The summed E-state index contributed by atoms with van der Waals surface area (Å²) < 4.78 is 5.51. The molecule has 1 saturated carbocycles. The number of hydrogen-bond acceptors (Lipinski definition) is 8. The van der Waals surface area contributed by atoms with Gasteiger partial charge in [0.05, 0.1) is 43.6 Å². The second-order valence-corrected chi connectivity index (χ2v) is 10.4. The smallest absolute Gasteiger partial charge is 0.305 e. The number of imide groups is 2. The first-order valence-electron chi connectivity index (χ1n) is 12.8. The van der Waals surface area contributed by atoms with Crippen molar-refractivity contribution in [2.24, 2.45) is 29.6 Å². The highest BCUT2D eigenvalue weighted by Crippen LogP contribution is 2.59. The Bertz CT molecular complexity index is 1320. The Morgan fingerprint density at radius 2 is 1.46 bits per heavy atom. The molecule has 2 saturated heterocycles. The maximum atomic E-state index is 13.7. The molecule has 4 amide bonds. The van der Waals surface area contributed by atoms with Crippen LogP contribution >= 0.6 is 0 Å². The first kappa shape index (κ1) is 26.4. The van der Waals surface area contributed by atoms with Crippen molar-refractivity contribution in [1.29, 1.82) is 0 Å². The Balaban J connectivity index is 1.60. The topological polar surface area (TPSA) is 179 Å². The number of benzene rings is 1. The first-order valence-corrected chi connectivity index (χ1v) is 12.8. The van der Waals surface area contributed by atoms with Crippen LogP contribution in [0.15, 0.2) is 29.8 Å². The highest BCUT2D eigenvalue weighted by molar-refractivity contribution is 6.08. The zero-order chi connectivity index (χ0) is 28.2. The average molecular weight is 541 g/mol. The summed E-state index contributed by atoms with van der Waals surface area (Å²) >= 11 is 0. The Morgan fingerprint density at radius 1 is 0.872 bits per heavy atom. The quantitative estimate of drug-likeness (QED) is 0.318. The number of ether oxygens (including phenoxy) is 1. The fraction of sp³-hybridized carbons (Fsp3) is 0.481. The van der Waals surface area contributed by atoms with E-state index in [9.17, 15) is 33.9 Å². The predicted octanol–water partition coefficient (Wildman–Crippen LogP) is 0.986. The third-order valence-electron chi connectivity index (χ3n) is 8.50. The number of carbonyl (C=O) groups is 6. The molecule has 12 heteroatoms. The lowest BCUT2D eigenvalue weighted by atomic mass is 9.57. The highest BCUT2D eigenvalue weighted by atomic mass is 16.5. The Morgan fingerprint density at radius 3 is 2.05 bits per heavy atom. The molecule has 206 valence electrons. The van der Waals surface area contributed by atoms with Crippen molar-refractivity contribution in [3.8, 4) is 11.5 Å². The van der Waals surface area contributed by atoms with Gasteiger partial charge in [0.2, 0.25) is 23.6 Å². The SMILES string of the molecule is COc1cccc(O)c1[C@H]1C2=CC[C@@H]3C(=O)N(CCC(=O)O)C(=O)[C@@H]3[C@@H]2C[C@H]2C(=O)N(CCC(=O)O)C(=O)[C@@H]12. The molecule has 0 bridgehead atoms. The number of fused-ring (bicyclic) bond motifs is 4. The van der Waals surface area contributed by atoms with Crippen LogP contribution in [0.2, 0.25) is 0 Å². The van der Waals surface area contributed by atoms with Gasteiger partial charge in [-0.05, 0) is 30.9 Å². The van der Waals surface area contributed by atoms with E-state index < -0.39 is 83.9 Å². The summed E-state index contributed by atoms with van der Waals surface area (Å²) in [5.74, 6) is -9.18. The van der Waals surface area contributed by atoms with Gasteiger partial charge in [-0.2, -0.15) is 0 Å². The minimum atomic E-state index is -1.17. The van der Waals surface area contributed by atoms with E-state index in [2.05, 4.69) is 0 Å². The molecule has 0 radical (unpaired) electrons. The number of amides is 4. The fourth-order valence-corrected chi connectivity index (χ4v) is 6.92. The van der Waals surface area contributed by atoms with Crippen LogP contribution in [0.3, 0.4) is 0 Å². The first-order chi connectivity index (χ1) is 18.6. The van der Waals surface area contributed by atoms with Crippen LogP contribution in [0, 0.1) is 29.6 Å². The van der Waals surface area contributed by atoms with Crippen LogP contribution < -0.4 is 4.74 Å². The second-order valence-electron chi connectivity index (χ2n) is 10.4. The van der Waals surface area contributed by atoms with E-state index in [0.717, 1.165) is 9.80 Å². The van der Waals surface area contributed by atoms with Gasteiger partial charge in [0.15, 0.2) is 0 Å². The number of likely N-dealkylation sites (tertiary alicyclic amines) is 2. The summed E-state index contributed by atoms with van der Waals surface area (Å²) in [4.78, 5) is 78.0. The van der Waals surface area contributed by atoms with Crippen LogP contribution in [0.25, 0.3) is 0 Å². The monoisotopic (exact) mass is 540 g/mol. The summed E-state index contributed by atoms with van der Waals surface area (Å²) in [6.07, 6.45) is 1.24. The number of nitrogens with zero attached hydrogens (tertiary/aromatic N) is 2. The molecule has 3 fully saturated rings. The number of carboxylic acid groups (broad SMARTS) is 2. The predicted molar refractivity (Wildman–Crippen MR) is 130 cm³/mol. The van der Waals surface area contributed by atoms with Crippen molar-refractivity contribution in [2.75, 3.05) is 20.2 Å². The Labute approximate surface area is 222 Å².